The molecule has 2 heterocycles. The van der Waals surface area contributed by atoms with Gasteiger partial charge in [0.25, 0.3) is 5.91 Å². The third-order valence-electron chi connectivity index (χ3n) is 4.68. The normalized spacial score (nSPS) is 24.4. The number of carbonyl (C=O) groups excluding carboxylic acids is 1. The van der Waals surface area contributed by atoms with Crippen molar-refractivity contribution in [3.05, 3.63) is 59.1 Å². The number of rotatable bonds is 3. The number of nitrogens with zero attached hydrogens (tertiary/aromatic N) is 2. The summed E-state index contributed by atoms with van der Waals surface area (Å²) in [6.45, 7) is 0. The highest BCUT2D eigenvalue weighted by Crippen LogP contribution is 2.44. The van der Waals surface area contributed by atoms with Gasteiger partial charge in [0.1, 0.15) is 5.75 Å². The van der Waals surface area contributed by atoms with E-state index >= 15 is 0 Å². The van der Waals surface area contributed by atoms with Gasteiger partial charge in [0, 0.05) is 15.8 Å². The van der Waals surface area contributed by atoms with E-state index in [1.54, 1.807) is 47.4 Å². The number of amides is 1. The molecule has 2 aliphatic rings. The monoisotopic (exact) mass is 436 g/mol. The maximum atomic E-state index is 12.6. The highest BCUT2D eigenvalue weighted by atomic mass is 35.5. The number of amidine groups is 1. The molecule has 0 bridgehead atoms. The van der Waals surface area contributed by atoms with Crippen molar-refractivity contribution >= 4 is 50.0 Å². The average molecular weight is 437 g/mol. The summed E-state index contributed by atoms with van der Waals surface area (Å²) in [6, 6.07) is 13.6. The molecule has 0 N–H and O–H groups in total. The molecule has 2 fully saturated rings. The van der Waals surface area contributed by atoms with E-state index in [0.29, 0.717) is 27.2 Å². The number of carbonyl (C=O) groups is 1. The Labute approximate surface area is 172 Å². The Morgan fingerprint density at radius 1 is 1.21 bits per heavy atom. The van der Waals surface area contributed by atoms with Crippen LogP contribution in [0.3, 0.4) is 0 Å². The predicted octanol–water partition coefficient (Wildman–Crippen LogP) is 3.26. The van der Waals surface area contributed by atoms with E-state index in [1.807, 2.05) is 6.07 Å². The minimum Gasteiger partial charge on any atom is -0.495 e. The molecule has 0 aromatic heterocycles. The molecule has 2 aromatic rings. The summed E-state index contributed by atoms with van der Waals surface area (Å²) < 4.78 is 29.8. The van der Waals surface area contributed by atoms with Gasteiger partial charge in [0.05, 0.1) is 30.3 Å². The molecule has 2 saturated heterocycles. The average Bonchev–Trinajstić information content (AvgIpc) is 3.13. The predicted molar refractivity (Wildman–Crippen MR) is 113 cm³/mol. The molecule has 0 spiro atoms. The second kappa shape index (κ2) is 7.42. The number of benzene rings is 2. The van der Waals surface area contributed by atoms with Gasteiger partial charge in [-0.25, -0.2) is 8.42 Å². The molecule has 6 nitrogen and oxygen atoms in total. The zero-order chi connectivity index (χ0) is 19.9. The second-order valence-corrected chi connectivity index (χ2v) is 10.3. The summed E-state index contributed by atoms with van der Waals surface area (Å²) in [5.74, 6) is 0.214. The molecule has 0 radical (unpaired) electrons. The van der Waals surface area contributed by atoms with Crippen molar-refractivity contribution in [1.82, 2.24) is 0 Å². The number of aliphatic imine (C=N–C) groups is 1. The Morgan fingerprint density at radius 3 is 2.68 bits per heavy atom. The van der Waals surface area contributed by atoms with Crippen LogP contribution in [0.25, 0.3) is 0 Å². The van der Waals surface area contributed by atoms with Crippen LogP contribution in [-0.2, 0) is 9.84 Å². The molecular weight excluding hydrogens is 420 g/mol. The summed E-state index contributed by atoms with van der Waals surface area (Å²) in [4.78, 5) is 18.7. The lowest BCUT2D eigenvalue weighted by molar-refractivity contribution is 0.100. The zero-order valence-electron chi connectivity index (χ0n) is 14.9. The fourth-order valence-corrected chi connectivity index (χ4v) is 7.50. The van der Waals surface area contributed by atoms with E-state index in [9.17, 15) is 13.2 Å². The fraction of sp³-hybridized carbons (Fsp3) is 0.263. The van der Waals surface area contributed by atoms with E-state index < -0.39 is 9.84 Å². The van der Waals surface area contributed by atoms with Crippen LogP contribution in [0.15, 0.2) is 53.5 Å². The van der Waals surface area contributed by atoms with E-state index in [1.165, 1.54) is 18.9 Å². The molecular formula is C19H17ClN2O4S2. The van der Waals surface area contributed by atoms with Gasteiger partial charge in [-0.15, -0.1) is 0 Å². The van der Waals surface area contributed by atoms with Gasteiger partial charge < -0.3 is 9.64 Å². The number of sulfone groups is 1. The minimum atomic E-state index is -3.16. The van der Waals surface area contributed by atoms with Gasteiger partial charge in [-0.2, -0.15) is 4.99 Å². The van der Waals surface area contributed by atoms with Crippen molar-refractivity contribution in [2.45, 2.75) is 11.3 Å². The Bertz CT molecular complexity index is 1060. The molecule has 28 heavy (non-hydrogen) atoms. The molecule has 1 amide bonds. The summed E-state index contributed by atoms with van der Waals surface area (Å²) in [6.07, 6.45) is 0. The van der Waals surface area contributed by atoms with Crippen LogP contribution in [0.2, 0.25) is 5.02 Å². The Balaban J connectivity index is 1.79. The number of methoxy groups -OCH3 is 1. The first-order chi connectivity index (χ1) is 13.4. The van der Waals surface area contributed by atoms with Gasteiger partial charge in [0.15, 0.2) is 15.0 Å². The quantitative estimate of drug-likeness (QED) is 0.735. The Morgan fingerprint density at radius 2 is 1.96 bits per heavy atom. The van der Waals surface area contributed by atoms with Gasteiger partial charge in [-0.3, -0.25) is 4.79 Å². The van der Waals surface area contributed by atoms with Crippen molar-refractivity contribution in [2.24, 2.45) is 4.99 Å². The SMILES string of the molecule is COc1ccc(Cl)cc1N1C(=NC(=O)c2ccccc2)S[C@H]2CS(=O)(=O)C[C@H]21. The molecule has 2 aliphatic heterocycles. The van der Waals surface area contributed by atoms with Crippen molar-refractivity contribution in [3.63, 3.8) is 0 Å². The number of anilines is 1. The lowest BCUT2D eigenvalue weighted by Gasteiger charge is -2.26. The molecule has 9 heteroatoms. The second-order valence-electron chi connectivity index (χ2n) is 6.55. The van der Waals surface area contributed by atoms with E-state index in [-0.39, 0.29) is 28.7 Å². The lowest BCUT2D eigenvalue weighted by atomic mass is 10.2. The number of halogens is 1. The van der Waals surface area contributed by atoms with Gasteiger partial charge in [0.2, 0.25) is 0 Å². The van der Waals surface area contributed by atoms with Gasteiger partial charge in [-0.05, 0) is 30.3 Å². The third kappa shape index (κ3) is 3.64. The van der Waals surface area contributed by atoms with Crippen LogP contribution in [0, 0.1) is 0 Å². The van der Waals surface area contributed by atoms with Crippen LogP contribution in [-0.4, -0.2) is 49.4 Å². The Kier molecular flexibility index (Phi) is 5.11. The molecule has 0 saturated carbocycles. The number of fused-ring (bicyclic) bond motifs is 1. The minimum absolute atomic E-state index is 0.00111. The number of thioether (sulfide) groups is 1. The summed E-state index contributed by atoms with van der Waals surface area (Å²) in [5, 5.41) is 0.745. The van der Waals surface area contributed by atoms with Crippen LogP contribution in [0.5, 0.6) is 5.75 Å². The maximum Gasteiger partial charge on any atom is 0.279 e. The highest BCUT2D eigenvalue weighted by Gasteiger charge is 2.50. The molecule has 4 rings (SSSR count). The Hall–Kier alpha value is -2.03. The van der Waals surface area contributed by atoms with Crippen LogP contribution in [0.1, 0.15) is 10.4 Å². The highest BCUT2D eigenvalue weighted by molar-refractivity contribution is 8.16. The van der Waals surface area contributed by atoms with E-state index in [0.717, 1.165) is 0 Å². The zero-order valence-corrected chi connectivity index (χ0v) is 17.3. The van der Waals surface area contributed by atoms with Crippen molar-refractivity contribution in [2.75, 3.05) is 23.5 Å². The standard InChI is InChI=1S/C19H17ClN2O4S2/c1-26-16-8-7-13(20)9-14(16)22-15-10-28(24,25)11-17(15)27-19(22)21-18(23)12-5-3-2-4-6-12/h2-9,15,17H,10-11H2,1H3/t15-,17+/m1/s1. The third-order valence-corrected chi connectivity index (χ3v) is 8.13. The van der Waals surface area contributed by atoms with Crippen molar-refractivity contribution in [3.8, 4) is 5.75 Å². The molecule has 0 unspecified atom stereocenters. The van der Waals surface area contributed by atoms with E-state index in [4.69, 9.17) is 16.3 Å². The fourth-order valence-electron chi connectivity index (χ4n) is 3.43. The molecule has 0 aliphatic carbocycles. The molecule has 146 valence electrons. The molecule has 2 atom stereocenters. The first-order valence-electron chi connectivity index (χ1n) is 8.56. The van der Waals surface area contributed by atoms with Crippen molar-refractivity contribution in [1.29, 1.82) is 0 Å². The topological polar surface area (TPSA) is 76.0 Å². The van der Waals surface area contributed by atoms with Crippen molar-refractivity contribution < 1.29 is 17.9 Å². The first-order valence-corrected chi connectivity index (χ1v) is 11.6. The number of hydrogen-bond acceptors (Lipinski definition) is 5. The first kappa shape index (κ1) is 19.3. The summed E-state index contributed by atoms with van der Waals surface area (Å²) in [5.41, 5.74) is 1.07. The van der Waals surface area contributed by atoms with Crippen LogP contribution >= 0.6 is 23.4 Å². The summed E-state index contributed by atoms with van der Waals surface area (Å²) >= 11 is 7.50. The van der Waals surface area contributed by atoms with Crippen LogP contribution in [0.4, 0.5) is 5.69 Å². The van der Waals surface area contributed by atoms with E-state index in [2.05, 4.69) is 4.99 Å². The summed E-state index contributed by atoms with van der Waals surface area (Å²) in [7, 11) is -1.62. The largest absolute Gasteiger partial charge is 0.495 e. The van der Waals surface area contributed by atoms with Gasteiger partial charge >= 0.3 is 0 Å². The maximum absolute atomic E-state index is 12.6. The van der Waals surface area contributed by atoms with Crippen LogP contribution < -0.4 is 9.64 Å². The number of hydrogen-bond donors (Lipinski definition) is 0. The smallest absolute Gasteiger partial charge is 0.279 e. The number of ether oxygens (including phenoxy) is 1. The molecule has 2 aromatic carbocycles. The lowest BCUT2D eigenvalue weighted by Crippen LogP contribution is -2.38. The van der Waals surface area contributed by atoms with Gasteiger partial charge in [-0.1, -0.05) is 41.6 Å².